The lowest BCUT2D eigenvalue weighted by atomic mass is 10.2. The van der Waals surface area contributed by atoms with E-state index in [2.05, 4.69) is 4.74 Å². The number of carbonyl (C=O) groups is 1. The molecule has 0 aliphatic carbocycles. The second-order valence-electron chi connectivity index (χ2n) is 3.35. The van der Waals surface area contributed by atoms with E-state index < -0.39 is 5.97 Å². The lowest BCUT2D eigenvalue weighted by molar-refractivity contribution is -0.135. The van der Waals surface area contributed by atoms with Gasteiger partial charge in [0.15, 0.2) is 0 Å². The fraction of sp³-hybridized carbons (Fsp3) is 0.0769. The van der Waals surface area contributed by atoms with Crippen LogP contribution in [0.1, 0.15) is 4.88 Å². The number of hydrogen-bond acceptors (Lipinski definition) is 4. The topological polar surface area (TPSA) is 50.1 Å². The van der Waals surface area contributed by atoms with Crippen LogP contribution in [0.5, 0.6) is 0 Å². The number of ether oxygens (including phenoxy) is 1. The van der Waals surface area contributed by atoms with E-state index >= 15 is 0 Å². The van der Waals surface area contributed by atoms with E-state index in [-0.39, 0.29) is 5.57 Å². The minimum absolute atomic E-state index is 0.0130. The highest BCUT2D eigenvalue weighted by atomic mass is 32.1. The quantitative estimate of drug-likeness (QED) is 0.463. The number of benzene rings is 1. The number of thiophene rings is 1. The normalized spacial score (nSPS) is 11.2. The molecule has 0 saturated heterocycles. The summed E-state index contributed by atoms with van der Waals surface area (Å²) < 4.78 is 5.65. The fourth-order valence-corrected chi connectivity index (χ4v) is 2.47. The molecule has 1 heterocycles. The summed E-state index contributed by atoms with van der Waals surface area (Å²) in [6, 6.07) is 11.7. The molecule has 1 aromatic carbocycles. The number of methoxy groups -OCH3 is 1. The molecule has 3 nitrogen and oxygen atoms in total. The van der Waals surface area contributed by atoms with Gasteiger partial charge in [0, 0.05) is 9.58 Å². The summed E-state index contributed by atoms with van der Waals surface area (Å²) in [4.78, 5) is 12.1. The van der Waals surface area contributed by atoms with Gasteiger partial charge in [0.25, 0.3) is 0 Å². The van der Waals surface area contributed by atoms with Crippen molar-refractivity contribution in [2.24, 2.45) is 0 Å². The van der Waals surface area contributed by atoms with Crippen molar-refractivity contribution in [2.45, 2.75) is 0 Å². The fourth-order valence-electron chi connectivity index (χ4n) is 1.46. The SMILES string of the molecule is COC(=O)/C(C#N)=C/c1cc2ccccc2s1. The second kappa shape index (κ2) is 4.81. The van der Waals surface area contributed by atoms with Crippen LogP contribution in [-0.4, -0.2) is 13.1 Å². The van der Waals surface area contributed by atoms with Gasteiger partial charge in [0.05, 0.1) is 7.11 Å². The molecule has 4 heteroatoms. The molecule has 0 amide bonds. The summed E-state index contributed by atoms with van der Waals surface area (Å²) in [5.74, 6) is -0.607. The van der Waals surface area contributed by atoms with Gasteiger partial charge in [0.1, 0.15) is 11.6 Å². The maximum absolute atomic E-state index is 11.3. The molecule has 0 fully saturated rings. The first-order chi connectivity index (χ1) is 8.24. The minimum Gasteiger partial charge on any atom is -0.465 e. The molecule has 0 bridgehead atoms. The molecule has 0 spiro atoms. The van der Waals surface area contributed by atoms with Gasteiger partial charge in [-0.1, -0.05) is 18.2 Å². The largest absolute Gasteiger partial charge is 0.465 e. The molecule has 2 rings (SSSR count). The molecule has 0 saturated carbocycles. The zero-order valence-corrected chi connectivity index (χ0v) is 9.95. The van der Waals surface area contributed by atoms with E-state index in [1.54, 1.807) is 6.08 Å². The maximum atomic E-state index is 11.3. The first-order valence-electron chi connectivity index (χ1n) is 4.93. The average molecular weight is 243 g/mol. The highest BCUT2D eigenvalue weighted by Gasteiger charge is 2.09. The number of carbonyl (C=O) groups excluding carboxylic acids is 1. The van der Waals surface area contributed by atoms with Crippen LogP contribution in [-0.2, 0) is 9.53 Å². The van der Waals surface area contributed by atoms with Gasteiger partial charge in [-0.05, 0) is 23.6 Å². The Morgan fingerprint density at radius 2 is 2.24 bits per heavy atom. The number of nitrogens with zero attached hydrogens (tertiary/aromatic N) is 1. The number of fused-ring (bicyclic) bond motifs is 1. The highest BCUT2D eigenvalue weighted by molar-refractivity contribution is 7.19. The molecular formula is C13H9NO2S. The predicted molar refractivity (Wildman–Crippen MR) is 67.4 cm³/mol. The Kier molecular flexibility index (Phi) is 3.22. The molecule has 0 aliphatic heterocycles. The zero-order chi connectivity index (χ0) is 12.3. The molecule has 1 aromatic heterocycles. The van der Waals surface area contributed by atoms with E-state index in [9.17, 15) is 4.79 Å². The number of nitriles is 1. The van der Waals surface area contributed by atoms with Crippen LogP contribution in [0.4, 0.5) is 0 Å². The smallest absolute Gasteiger partial charge is 0.348 e. The van der Waals surface area contributed by atoms with Crippen LogP contribution < -0.4 is 0 Å². The standard InChI is InChI=1S/C13H9NO2S/c1-16-13(15)10(8-14)7-11-6-9-4-2-3-5-12(9)17-11/h2-7H,1H3/b10-7+. The number of rotatable bonds is 2. The van der Waals surface area contributed by atoms with Crippen molar-refractivity contribution in [1.29, 1.82) is 5.26 Å². The van der Waals surface area contributed by atoms with Crippen LogP contribution in [0.25, 0.3) is 16.2 Å². The first kappa shape index (κ1) is 11.4. The minimum atomic E-state index is -0.607. The first-order valence-corrected chi connectivity index (χ1v) is 5.75. The van der Waals surface area contributed by atoms with Crippen molar-refractivity contribution < 1.29 is 9.53 Å². The van der Waals surface area contributed by atoms with Crippen molar-refractivity contribution in [1.82, 2.24) is 0 Å². The molecule has 0 unspecified atom stereocenters. The monoisotopic (exact) mass is 243 g/mol. The Morgan fingerprint density at radius 1 is 1.47 bits per heavy atom. The van der Waals surface area contributed by atoms with Crippen molar-refractivity contribution in [3.63, 3.8) is 0 Å². The Balaban J connectivity index is 2.44. The van der Waals surface area contributed by atoms with Crippen LogP contribution >= 0.6 is 11.3 Å². The summed E-state index contributed by atoms with van der Waals surface area (Å²) in [5, 5.41) is 9.95. The molecule has 0 N–H and O–H groups in total. The summed E-state index contributed by atoms with van der Waals surface area (Å²) in [6.07, 6.45) is 1.55. The van der Waals surface area contributed by atoms with Crippen molar-refractivity contribution in [3.8, 4) is 6.07 Å². The molecule has 17 heavy (non-hydrogen) atoms. The Morgan fingerprint density at radius 3 is 2.88 bits per heavy atom. The van der Waals surface area contributed by atoms with Crippen molar-refractivity contribution in [3.05, 3.63) is 40.8 Å². The molecular weight excluding hydrogens is 234 g/mol. The second-order valence-corrected chi connectivity index (χ2v) is 4.46. The third kappa shape index (κ3) is 2.35. The molecule has 0 aliphatic rings. The van der Waals surface area contributed by atoms with E-state index in [0.717, 1.165) is 15.0 Å². The van der Waals surface area contributed by atoms with E-state index in [4.69, 9.17) is 5.26 Å². The van der Waals surface area contributed by atoms with Crippen LogP contribution in [0, 0.1) is 11.3 Å². The number of esters is 1. The summed E-state index contributed by atoms with van der Waals surface area (Å²) in [6.45, 7) is 0. The van der Waals surface area contributed by atoms with Gasteiger partial charge in [-0.2, -0.15) is 5.26 Å². The van der Waals surface area contributed by atoms with E-state index in [1.807, 2.05) is 36.4 Å². The zero-order valence-electron chi connectivity index (χ0n) is 9.14. The summed E-state index contributed by atoms with van der Waals surface area (Å²) in [5.41, 5.74) is 0.0130. The van der Waals surface area contributed by atoms with E-state index in [0.29, 0.717) is 0 Å². The molecule has 0 radical (unpaired) electrons. The third-order valence-electron chi connectivity index (χ3n) is 2.26. The Hall–Kier alpha value is -2.12. The van der Waals surface area contributed by atoms with Gasteiger partial charge in [-0.25, -0.2) is 4.79 Å². The van der Waals surface area contributed by atoms with Gasteiger partial charge in [-0.15, -0.1) is 11.3 Å². The van der Waals surface area contributed by atoms with Gasteiger partial charge < -0.3 is 4.74 Å². The van der Waals surface area contributed by atoms with Crippen molar-refractivity contribution in [2.75, 3.05) is 7.11 Å². The van der Waals surface area contributed by atoms with Crippen molar-refractivity contribution >= 4 is 33.5 Å². The lowest BCUT2D eigenvalue weighted by Gasteiger charge is -1.93. The lowest BCUT2D eigenvalue weighted by Crippen LogP contribution is -2.02. The van der Waals surface area contributed by atoms with Crippen LogP contribution in [0.15, 0.2) is 35.9 Å². The molecule has 2 aromatic rings. The Labute approximate surface area is 103 Å². The van der Waals surface area contributed by atoms with Gasteiger partial charge in [0.2, 0.25) is 0 Å². The molecule has 84 valence electrons. The Bertz CT molecular complexity index is 601. The van der Waals surface area contributed by atoms with Crippen LogP contribution in [0.3, 0.4) is 0 Å². The van der Waals surface area contributed by atoms with E-state index in [1.165, 1.54) is 18.4 Å². The number of hydrogen-bond donors (Lipinski definition) is 0. The van der Waals surface area contributed by atoms with Gasteiger partial charge in [-0.3, -0.25) is 0 Å². The predicted octanol–water partition coefficient (Wildman–Crippen LogP) is 2.98. The highest BCUT2D eigenvalue weighted by Crippen LogP contribution is 2.26. The molecule has 0 atom stereocenters. The van der Waals surface area contributed by atoms with Gasteiger partial charge >= 0.3 is 5.97 Å². The van der Waals surface area contributed by atoms with Crippen LogP contribution in [0.2, 0.25) is 0 Å². The maximum Gasteiger partial charge on any atom is 0.348 e. The third-order valence-corrected chi connectivity index (χ3v) is 3.32. The average Bonchev–Trinajstić information content (AvgIpc) is 2.77. The summed E-state index contributed by atoms with van der Waals surface area (Å²) >= 11 is 1.53. The summed E-state index contributed by atoms with van der Waals surface area (Å²) in [7, 11) is 1.26.